The van der Waals surface area contributed by atoms with Crippen LogP contribution >= 0.6 is 27.5 Å². The van der Waals surface area contributed by atoms with E-state index < -0.39 is 10.0 Å². The van der Waals surface area contributed by atoms with Gasteiger partial charge >= 0.3 is 0 Å². The smallest absolute Gasteiger partial charge is 0.238 e. The molecule has 4 nitrogen and oxygen atoms in total. The van der Waals surface area contributed by atoms with E-state index in [-0.39, 0.29) is 4.90 Å². The van der Waals surface area contributed by atoms with Crippen LogP contribution < -0.4 is 10.5 Å². The van der Waals surface area contributed by atoms with Crippen LogP contribution in [0.2, 0.25) is 5.02 Å². The Bertz CT molecular complexity index is 733. The first kappa shape index (κ1) is 16.5. The molecular formula is C14H14BrClN2O2S. The summed E-state index contributed by atoms with van der Waals surface area (Å²) in [4.78, 5) is 0.115. The maximum absolute atomic E-state index is 11.2. The zero-order valence-corrected chi connectivity index (χ0v) is 14.2. The summed E-state index contributed by atoms with van der Waals surface area (Å²) in [5.41, 5.74) is 2.03. The molecule has 0 heterocycles. The van der Waals surface area contributed by atoms with E-state index in [2.05, 4.69) is 21.2 Å². The number of nitrogens with one attached hydrogen (secondary N) is 1. The Labute approximate surface area is 137 Å². The van der Waals surface area contributed by atoms with Crippen LogP contribution in [0.1, 0.15) is 11.1 Å². The molecule has 0 amide bonds. The molecule has 3 N–H and O–H groups in total. The van der Waals surface area contributed by atoms with Crippen molar-refractivity contribution < 1.29 is 8.42 Å². The topological polar surface area (TPSA) is 72.2 Å². The number of halogens is 2. The van der Waals surface area contributed by atoms with Crippen molar-refractivity contribution in [3.63, 3.8) is 0 Å². The Balaban J connectivity index is 1.96. The number of benzene rings is 2. The van der Waals surface area contributed by atoms with E-state index in [1.54, 1.807) is 12.1 Å². The van der Waals surface area contributed by atoms with Gasteiger partial charge in [-0.2, -0.15) is 0 Å². The maximum atomic E-state index is 11.2. The molecule has 0 fully saturated rings. The van der Waals surface area contributed by atoms with E-state index in [1.165, 1.54) is 12.1 Å². The number of rotatable bonds is 5. The minimum atomic E-state index is -3.63. The van der Waals surface area contributed by atoms with Gasteiger partial charge in [0.2, 0.25) is 10.0 Å². The van der Waals surface area contributed by atoms with Gasteiger partial charge in [-0.05, 0) is 41.5 Å². The molecule has 2 aromatic carbocycles. The molecule has 7 heteroatoms. The van der Waals surface area contributed by atoms with Crippen molar-refractivity contribution in [2.24, 2.45) is 5.14 Å². The van der Waals surface area contributed by atoms with Crippen LogP contribution in [-0.2, 0) is 23.1 Å². The third kappa shape index (κ3) is 4.79. The predicted molar refractivity (Wildman–Crippen MR) is 87.5 cm³/mol. The second kappa shape index (κ2) is 6.89. The molecule has 0 spiro atoms. The summed E-state index contributed by atoms with van der Waals surface area (Å²) in [6, 6.07) is 12.1. The molecule has 0 saturated carbocycles. The highest BCUT2D eigenvalue weighted by molar-refractivity contribution is 9.10. The zero-order valence-electron chi connectivity index (χ0n) is 11.0. The van der Waals surface area contributed by atoms with Crippen LogP contribution in [-0.4, -0.2) is 8.42 Å². The lowest BCUT2D eigenvalue weighted by Crippen LogP contribution is -2.14. The first-order chi connectivity index (χ1) is 9.86. The van der Waals surface area contributed by atoms with Crippen molar-refractivity contribution >= 4 is 37.6 Å². The average molecular weight is 390 g/mol. The molecule has 0 aliphatic carbocycles. The molecule has 0 bridgehead atoms. The number of nitrogens with two attached hydrogens (primary N) is 1. The molecule has 112 valence electrons. The average Bonchev–Trinajstić information content (AvgIpc) is 2.42. The fourth-order valence-corrected chi connectivity index (χ4v) is 2.91. The molecule has 0 radical (unpaired) electrons. The summed E-state index contributed by atoms with van der Waals surface area (Å²) < 4.78 is 23.3. The number of primary sulfonamides is 1. The van der Waals surface area contributed by atoms with Gasteiger partial charge < -0.3 is 5.32 Å². The van der Waals surface area contributed by atoms with Gasteiger partial charge in [0, 0.05) is 22.6 Å². The van der Waals surface area contributed by atoms with Gasteiger partial charge in [-0.1, -0.05) is 39.7 Å². The van der Waals surface area contributed by atoms with Gasteiger partial charge in [0.1, 0.15) is 0 Å². The standard InChI is InChI=1S/C14H14BrClN2O2S/c15-14-6-3-12(16)7-11(14)9-18-8-10-1-4-13(5-2-10)21(17,19)20/h1-7,18H,8-9H2,(H2,17,19,20). The molecule has 0 aliphatic rings. The number of sulfonamides is 1. The van der Waals surface area contributed by atoms with Crippen molar-refractivity contribution in [3.05, 3.63) is 63.1 Å². The molecule has 0 aliphatic heterocycles. The van der Waals surface area contributed by atoms with Crippen LogP contribution in [0.5, 0.6) is 0 Å². The second-order valence-corrected chi connectivity index (χ2v) is 7.38. The van der Waals surface area contributed by atoms with Crippen LogP contribution in [0.3, 0.4) is 0 Å². The minimum Gasteiger partial charge on any atom is -0.309 e. The monoisotopic (exact) mass is 388 g/mol. The summed E-state index contributed by atoms with van der Waals surface area (Å²) in [6.07, 6.45) is 0. The van der Waals surface area contributed by atoms with E-state index in [4.69, 9.17) is 16.7 Å². The van der Waals surface area contributed by atoms with Gasteiger partial charge in [-0.3, -0.25) is 0 Å². The Kier molecular flexibility index (Phi) is 5.40. The molecule has 0 aromatic heterocycles. The maximum Gasteiger partial charge on any atom is 0.238 e. The highest BCUT2D eigenvalue weighted by atomic mass is 79.9. The summed E-state index contributed by atoms with van der Waals surface area (Å²) in [5, 5.41) is 9.02. The van der Waals surface area contributed by atoms with Crippen LogP contribution in [0.25, 0.3) is 0 Å². The van der Waals surface area contributed by atoms with Crippen molar-refractivity contribution in [3.8, 4) is 0 Å². The molecule has 0 unspecified atom stereocenters. The Hall–Kier alpha value is -0.920. The van der Waals surface area contributed by atoms with E-state index in [0.717, 1.165) is 15.6 Å². The lowest BCUT2D eigenvalue weighted by Gasteiger charge is -2.08. The van der Waals surface area contributed by atoms with Gasteiger partial charge in [-0.25, -0.2) is 13.6 Å². The SMILES string of the molecule is NS(=O)(=O)c1ccc(CNCc2cc(Cl)ccc2Br)cc1. The van der Waals surface area contributed by atoms with Gasteiger partial charge in [-0.15, -0.1) is 0 Å². The van der Waals surface area contributed by atoms with Gasteiger partial charge in [0.15, 0.2) is 0 Å². The first-order valence-electron chi connectivity index (χ1n) is 6.12. The molecule has 2 aromatic rings. The van der Waals surface area contributed by atoms with Gasteiger partial charge in [0.05, 0.1) is 4.90 Å². The first-order valence-corrected chi connectivity index (χ1v) is 8.84. The number of hydrogen-bond acceptors (Lipinski definition) is 3. The van der Waals surface area contributed by atoms with Crippen LogP contribution in [0.4, 0.5) is 0 Å². The molecule has 21 heavy (non-hydrogen) atoms. The Morgan fingerprint density at radius 3 is 2.38 bits per heavy atom. The van der Waals surface area contributed by atoms with E-state index in [1.807, 2.05) is 18.2 Å². The normalized spacial score (nSPS) is 11.6. The molecule has 0 atom stereocenters. The molecule has 2 rings (SSSR count). The highest BCUT2D eigenvalue weighted by Gasteiger charge is 2.06. The lowest BCUT2D eigenvalue weighted by atomic mass is 10.2. The van der Waals surface area contributed by atoms with E-state index in [0.29, 0.717) is 18.1 Å². The minimum absolute atomic E-state index is 0.115. The van der Waals surface area contributed by atoms with E-state index in [9.17, 15) is 8.42 Å². The molecular weight excluding hydrogens is 376 g/mol. The lowest BCUT2D eigenvalue weighted by molar-refractivity contribution is 0.597. The highest BCUT2D eigenvalue weighted by Crippen LogP contribution is 2.21. The summed E-state index contributed by atoms with van der Waals surface area (Å²) >= 11 is 9.42. The van der Waals surface area contributed by atoms with Crippen molar-refractivity contribution in [2.75, 3.05) is 0 Å². The Morgan fingerprint density at radius 1 is 1.10 bits per heavy atom. The third-order valence-corrected chi connectivity index (χ3v) is 4.84. The zero-order chi connectivity index (χ0) is 15.5. The van der Waals surface area contributed by atoms with Crippen molar-refractivity contribution in [1.82, 2.24) is 5.32 Å². The van der Waals surface area contributed by atoms with Crippen molar-refractivity contribution in [1.29, 1.82) is 0 Å². The predicted octanol–water partition coefficient (Wildman–Crippen LogP) is 3.04. The van der Waals surface area contributed by atoms with Crippen LogP contribution in [0.15, 0.2) is 51.8 Å². The fourth-order valence-electron chi connectivity index (χ4n) is 1.82. The van der Waals surface area contributed by atoms with Crippen LogP contribution in [0, 0.1) is 0 Å². The largest absolute Gasteiger partial charge is 0.309 e. The molecule has 0 saturated heterocycles. The fraction of sp³-hybridized carbons (Fsp3) is 0.143. The van der Waals surface area contributed by atoms with E-state index >= 15 is 0 Å². The third-order valence-electron chi connectivity index (χ3n) is 2.90. The summed E-state index contributed by atoms with van der Waals surface area (Å²) in [5.74, 6) is 0. The summed E-state index contributed by atoms with van der Waals surface area (Å²) in [6.45, 7) is 1.27. The summed E-state index contributed by atoms with van der Waals surface area (Å²) in [7, 11) is -3.63. The van der Waals surface area contributed by atoms with Gasteiger partial charge in [0.25, 0.3) is 0 Å². The van der Waals surface area contributed by atoms with Crippen molar-refractivity contribution in [2.45, 2.75) is 18.0 Å². The number of hydrogen-bond donors (Lipinski definition) is 2. The Morgan fingerprint density at radius 2 is 1.76 bits per heavy atom. The second-order valence-electron chi connectivity index (χ2n) is 4.53. The quantitative estimate of drug-likeness (QED) is 0.825.